The summed E-state index contributed by atoms with van der Waals surface area (Å²) in [5.74, 6) is -0.537. The lowest BCUT2D eigenvalue weighted by Gasteiger charge is -2.13. The molecule has 0 aliphatic rings. The highest BCUT2D eigenvalue weighted by Crippen LogP contribution is 2.33. The maximum Gasteiger partial charge on any atom is 0.337 e. The Labute approximate surface area is 115 Å². The van der Waals surface area contributed by atoms with E-state index in [0.29, 0.717) is 11.5 Å². The van der Waals surface area contributed by atoms with Crippen molar-refractivity contribution in [3.8, 4) is 11.5 Å². The molecule has 0 radical (unpaired) electrons. The molecule has 0 aliphatic carbocycles. The van der Waals surface area contributed by atoms with Gasteiger partial charge in [-0.15, -0.1) is 0 Å². The molecule has 0 bridgehead atoms. The minimum Gasteiger partial charge on any atom is -0.493 e. The van der Waals surface area contributed by atoms with Gasteiger partial charge in [-0.3, -0.25) is 4.79 Å². The van der Waals surface area contributed by atoms with Crippen LogP contribution in [0.5, 0.6) is 11.5 Å². The molecule has 1 aromatic rings. The molecule has 6 nitrogen and oxygen atoms in total. The van der Waals surface area contributed by atoms with Gasteiger partial charge in [0.25, 0.3) is 0 Å². The summed E-state index contributed by atoms with van der Waals surface area (Å²) in [5.41, 5.74) is 0.135. The normalized spacial score (nSPS) is 9.84. The van der Waals surface area contributed by atoms with Crippen LogP contribution in [-0.4, -0.2) is 43.2 Å². The molecule has 19 heavy (non-hydrogen) atoms. The average Bonchev–Trinajstić information content (AvgIpc) is 2.38. The Hall–Kier alpha value is -1.89. The van der Waals surface area contributed by atoms with Crippen LogP contribution >= 0.6 is 11.8 Å². The fourth-order valence-electron chi connectivity index (χ4n) is 1.48. The van der Waals surface area contributed by atoms with Crippen LogP contribution in [0.25, 0.3) is 0 Å². The maximum absolute atomic E-state index is 11.5. The number of nitrogens with one attached hydrogen (secondary N) is 1. The zero-order chi connectivity index (χ0) is 14.4. The SMILES string of the molecule is COc1cc(NC(=O)CSC)c(C(=O)O)cc1OC. The Balaban J connectivity index is 3.19. The summed E-state index contributed by atoms with van der Waals surface area (Å²) >= 11 is 1.35. The van der Waals surface area contributed by atoms with Crippen molar-refractivity contribution < 1.29 is 24.2 Å². The van der Waals surface area contributed by atoms with Crippen molar-refractivity contribution in [1.82, 2.24) is 0 Å². The van der Waals surface area contributed by atoms with Gasteiger partial charge in [-0.1, -0.05) is 0 Å². The molecule has 0 unspecified atom stereocenters. The molecule has 2 N–H and O–H groups in total. The summed E-state index contributed by atoms with van der Waals surface area (Å²) in [4.78, 5) is 22.7. The summed E-state index contributed by atoms with van der Waals surface area (Å²) in [7, 11) is 2.85. The molecule has 1 rings (SSSR count). The minimum atomic E-state index is -1.15. The van der Waals surface area contributed by atoms with Crippen LogP contribution in [-0.2, 0) is 4.79 Å². The quantitative estimate of drug-likeness (QED) is 0.827. The summed E-state index contributed by atoms with van der Waals surface area (Å²) in [5, 5.41) is 11.7. The van der Waals surface area contributed by atoms with Gasteiger partial charge < -0.3 is 19.9 Å². The number of carboxylic acids is 1. The molecule has 1 amide bonds. The highest BCUT2D eigenvalue weighted by molar-refractivity contribution is 7.99. The molecule has 0 aromatic heterocycles. The van der Waals surface area contributed by atoms with E-state index >= 15 is 0 Å². The van der Waals surface area contributed by atoms with Crippen LogP contribution in [0.1, 0.15) is 10.4 Å². The number of thioether (sulfide) groups is 1. The van der Waals surface area contributed by atoms with Gasteiger partial charge in [0.2, 0.25) is 5.91 Å². The van der Waals surface area contributed by atoms with Crippen molar-refractivity contribution >= 4 is 29.3 Å². The van der Waals surface area contributed by atoms with Gasteiger partial charge >= 0.3 is 5.97 Å². The van der Waals surface area contributed by atoms with E-state index < -0.39 is 5.97 Å². The number of anilines is 1. The van der Waals surface area contributed by atoms with Crippen molar-refractivity contribution in [3.63, 3.8) is 0 Å². The number of carbonyl (C=O) groups excluding carboxylic acids is 1. The van der Waals surface area contributed by atoms with E-state index in [9.17, 15) is 9.59 Å². The Bertz CT molecular complexity index is 489. The Kier molecular flexibility index (Phi) is 5.50. The fourth-order valence-corrected chi connectivity index (χ4v) is 1.81. The van der Waals surface area contributed by atoms with Gasteiger partial charge in [0, 0.05) is 12.1 Å². The number of carbonyl (C=O) groups is 2. The Morgan fingerprint density at radius 2 is 1.84 bits per heavy atom. The third kappa shape index (κ3) is 3.78. The number of amides is 1. The Morgan fingerprint density at radius 3 is 2.32 bits per heavy atom. The van der Waals surface area contributed by atoms with E-state index in [1.54, 1.807) is 6.26 Å². The topological polar surface area (TPSA) is 84.9 Å². The van der Waals surface area contributed by atoms with Gasteiger partial charge in [0.05, 0.1) is 31.2 Å². The molecule has 104 valence electrons. The third-order valence-corrected chi connectivity index (χ3v) is 2.85. The summed E-state index contributed by atoms with van der Waals surface area (Å²) in [6, 6.07) is 2.75. The molecule has 0 spiro atoms. The second kappa shape index (κ2) is 6.89. The maximum atomic E-state index is 11.5. The average molecular weight is 285 g/mol. The van der Waals surface area contributed by atoms with Gasteiger partial charge in [-0.25, -0.2) is 4.79 Å². The molecule has 0 saturated heterocycles. The summed E-state index contributed by atoms with van der Waals surface area (Å²) in [6.07, 6.45) is 1.78. The van der Waals surface area contributed by atoms with Crippen LogP contribution in [0.2, 0.25) is 0 Å². The Morgan fingerprint density at radius 1 is 1.26 bits per heavy atom. The van der Waals surface area contributed by atoms with Crippen molar-refractivity contribution in [2.45, 2.75) is 0 Å². The predicted octanol–water partition coefficient (Wildman–Crippen LogP) is 1.70. The highest BCUT2D eigenvalue weighted by atomic mass is 32.2. The summed E-state index contributed by atoms with van der Waals surface area (Å²) < 4.78 is 10.1. The van der Waals surface area contributed by atoms with E-state index in [0.717, 1.165) is 0 Å². The van der Waals surface area contributed by atoms with Gasteiger partial charge in [0.1, 0.15) is 0 Å². The van der Waals surface area contributed by atoms with Crippen molar-refractivity contribution in [3.05, 3.63) is 17.7 Å². The molecule has 0 fully saturated rings. The number of rotatable bonds is 6. The standard InChI is InChI=1S/C12H15NO5S/c1-17-9-4-7(12(15)16)8(5-10(9)18-2)13-11(14)6-19-3/h4-5H,6H2,1-3H3,(H,13,14)(H,15,16). The summed E-state index contributed by atoms with van der Waals surface area (Å²) in [6.45, 7) is 0. The molecular formula is C12H15NO5S. The van der Waals surface area contributed by atoms with Gasteiger partial charge in [-0.2, -0.15) is 11.8 Å². The lowest BCUT2D eigenvalue weighted by Crippen LogP contribution is -2.16. The molecule has 0 atom stereocenters. The van der Waals surface area contributed by atoms with Gasteiger partial charge in [0.15, 0.2) is 11.5 Å². The van der Waals surface area contributed by atoms with Crippen molar-refractivity contribution in [2.24, 2.45) is 0 Å². The van der Waals surface area contributed by atoms with Crippen molar-refractivity contribution in [2.75, 3.05) is 31.5 Å². The first-order chi connectivity index (χ1) is 9.03. The number of carboxylic acid groups (broad SMARTS) is 1. The smallest absolute Gasteiger partial charge is 0.337 e. The molecule has 0 heterocycles. The van der Waals surface area contributed by atoms with Crippen LogP contribution in [0.4, 0.5) is 5.69 Å². The largest absolute Gasteiger partial charge is 0.493 e. The number of hydrogen-bond donors (Lipinski definition) is 2. The number of aromatic carboxylic acids is 1. The second-order valence-electron chi connectivity index (χ2n) is 3.54. The minimum absolute atomic E-state index is 0.0490. The fraction of sp³-hybridized carbons (Fsp3) is 0.333. The lowest BCUT2D eigenvalue weighted by atomic mass is 10.1. The molecule has 7 heteroatoms. The van der Waals surface area contributed by atoms with Gasteiger partial charge in [-0.05, 0) is 6.26 Å². The van der Waals surface area contributed by atoms with E-state index in [1.807, 2.05) is 0 Å². The van der Waals surface area contributed by atoms with Crippen LogP contribution < -0.4 is 14.8 Å². The highest BCUT2D eigenvalue weighted by Gasteiger charge is 2.17. The second-order valence-corrected chi connectivity index (χ2v) is 4.41. The first kappa shape index (κ1) is 15.2. The van der Waals surface area contributed by atoms with E-state index in [4.69, 9.17) is 14.6 Å². The lowest BCUT2D eigenvalue weighted by molar-refractivity contribution is -0.113. The zero-order valence-corrected chi connectivity index (χ0v) is 11.7. The van der Waals surface area contributed by atoms with Crippen molar-refractivity contribution in [1.29, 1.82) is 0 Å². The van der Waals surface area contributed by atoms with Crippen LogP contribution in [0.3, 0.4) is 0 Å². The first-order valence-electron chi connectivity index (χ1n) is 5.31. The first-order valence-corrected chi connectivity index (χ1v) is 6.71. The molecule has 0 aliphatic heterocycles. The van der Waals surface area contributed by atoms with E-state index in [2.05, 4.69) is 5.32 Å². The number of ether oxygens (including phenoxy) is 2. The molecule has 1 aromatic carbocycles. The molecular weight excluding hydrogens is 270 g/mol. The van der Waals surface area contributed by atoms with E-state index in [1.165, 1.54) is 38.1 Å². The third-order valence-electron chi connectivity index (χ3n) is 2.30. The number of hydrogen-bond acceptors (Lipinski definition) is 5. The predicted molar refractivity (Wildman–Crippen MR) is 73.5 cm³/mol. The monoisotopic (exact) mass is 285 g/mol. The van der Waals surface area contributed by atoms with E-state index in [-0.39, 0.29) is 22.9 Å². The van der Waals surface area contributed by atoms with Crippen LogP contribution in [0, 0.1) is 0 Å². The van der Waals surface area contributed by atoms with Crippen LogP contribution in [0.15, 0.2) is 12.1 Å². The molecule has 0 saturated carbocycles. The number of methoxy groups -OCH3 is 2. The number of benzene rings is 1. The zero-order valence-electron chi connectivity index (χ0n) is 10.9.